The molecular weight excluding hydrogens is 276 g/mol. The van der Waals surface area contributed by atoms with Gasteiger partial charge < -0.3 is 4.42 Å². The molecule has 1 aromatic heterocycles. The molecule has 0 radical (unpaired) electrons. The summed E-state index contributed by atoms with van der Waals surface area (Å²) >= 11 is 1.69. The molecule has 0 unspecified atom stereocenters. The molecule has 2 aromatic carbocycles. The molecule has 0 saturated heterocycles. The van der Waals surface area contributed by atoms with Crippen molar-refractivity contribution in [3.8, 4) is 11.3 Å². The number of furan rings is 1. The van der Waals surface area contributed by atoms with Crippen LogP contribution in [0.5, 0.6) is 0 Å². The van der Waals surface area contributed by atoms with E-state index in [4.69, 9.17) is 4.42 Å². The van der Waals surface area contributed by atoms with Crippen LogP contribution in [0.3, 0.4) is 0 Å². The third-order valence-corrected chi connectivity index (χ3v) is 4.37. The standard InChI is InChI=1S/C19H18OS/c1-14(2)17-13-18(15-9-5-3-6-10-15)20-19(17)21-16-11-7-4-8-12-16/h3-14H,1-2H3. The quantitative estimate of drug-likeness (QED) is 0.566. The van der Waals surface area contributed by atoms with Crippen molar-refractivity contribution in [1.29, 1.82) is 0 Å². The molecule has 0 aliphatic rings. The second kappa shape index (κ2) is 6.23. The minimum atomic E-state index is 0.442. The molecule has 0 spiro atoms. The molecule has 0 N–H and O–H groups in total. The van der Waals surface area contributed by atoms with E-state index in [-0.39, 0.29) is 0 Å². The fourth-order valence-corrected chi connectivity index (χ4v) is 3.26. The molecule has 21 heavy (non-hydrogen) atoms. The second-order valence-electron chi connectivity index (χ2n) is 5.29. The van der Waals surface area contributed by atoms with Crippen molar-refractivity contribution in [3.63, 3.8) is 0 Å². The van der Waals surface area contributed by atoms with E-state index in [9.17, 15) is 0 Å². The van der Waals surface area contributed by atoms with Gasteiger partial charge in [0.2, 0.25) is 0 Å². The van der Waals surface area contributed by atoms with Crippen LogP contribution in [-0.2, 0) is 0 Å². The molecule has 0 aliphatic carbocycles. The molecule has 3 rings (SSSR count). The highest BCUT2D eigenvalue weighted by Gasteiger charge is 2.16. The molecule has 0 fully saturated rings. The lowest BCUT2D eigenvalue weighted by Gasteiger charge is -2.04. The normalized spacial score (nSPS) is 11.0. The Balaban J connectivity index is 1.98. The van der Waals surface area contributed by atoms with E-state index < -0.39 is 0 Å². The molecule has 3 aromatic rings. The van der Waals surface area contributed by atoms with E-state index in [0.29, 0.717) is 5.92 Å². The predicted octanol–water partition coefficient (Wildman–Crippen LogP) is 6.22. The van der Waals surface area contributed by atoms with Gasteiger partial charge in [0, 0.05) is 16.0 Å². The van der Waals surface area contributed by atoms with E-state index in [1.807, 2.05) is 24.3 Å². The van der Waals surface area contributed by atoms with Crippen LogP contribution in [0.15, 0.2) is 81.1 Å². The summed E-state index contributed by atoms with van der Waals surface area (Å²) in [6.07, 6.45) is 0. The summed E-state index contributed by atoms with van der Waals surface area (Å²) in [5.41, 5.74) is 2.39. The van der Waals surface area contributed by atoms with Gasteiger partial charge in [-0.2, -0.15) is 0 Å². The Bertz CT molecular complexity index is 699. The van der Waals surface area contributed by atoms with Crippen LogP contribution < -0.4 is 0 Å². The van der Waals surface area contributed by atoms with Crippen LogP contribution in [0.2, 0.25) is 0 Å². The van der Waals surface area contributed by atoms with Crippen molar-refractivity contribution >= 4 is 11.8 Å². The zero-order chi connectivity index (χ0) is 14.7. The average Bonchev–Trinajstić information content (AvgIpc) is 2.93. The molecule has 2 heteroatoms. The lowest BCUT2D eigenvalue weighted by Crippen LogP contribution is -1.85. The fraction of sp³-hybridized carbons (Fsp3) is 0.158. The Morgan fingerprint density at radius 2 is 1.48 bits per heavy atom. The van der Waals surface area contributed by atoms with Crippen molar-refractivity contribution in [2.45, 2.75) is 29.8 Å². The van der Waals surface area contributed by atoms with Gasteiger partial charge in [0.1, 0.15) is 5.76 Å². The molecule has 0 amide bonds. The highest BCUT2D eigenvalue weighted by Crippen LogP contribution is 2.39. The number of rotatable bonds is 4. The molecule has 0 aliphatic heterocycles. The molecular formula is C19H18OS. The minimum absolute atomic E-state index is 0.442. The van der Waals surface area contributed by atoms with Crippen LogP contribution in [0, 0.1) is 0 Å². The molecule has 0 atom stereocenters. The largest absolute Gasteiger partial charge is 0.449 e. The van der Waals surface area contributed by atoms with Gasteiger partial charge in [0.15, 0.2) is 5.09 Å². The van der Waals surface area contributed by atoms with Gasteiger partial charge in [-0.15, -0.1) is 0 Å². The molecule has 1 heterocycles. The predicted molar refractivity (Wildman–Crippen MR) is 88.8 cm³/mol. The van der Waals surface area contributed by atoms with E-state index in [2.05, 4.69) is 56.3 Å². The van der Waals surface area contributed by atoms with Gasteiger partial charge in [0.05, 0.1) is 0 Å². The molecule has 1 nitrogen and oxygen atoms in total. The van der Waals surface area contributed by atoms with Gasteiger partial charge in [-0.1, -0.05) is 74.1 Å². The Kier molecular flexibility index (Phi) is 4.16. The smallest absolute Gasteiger partial charge is 0.169 e. The first-order chi connectivity index (χ1) is 10.2. The summed E-state index contributed by atoms with van der Waals surface area (Å²) in [6.45, 7) is 4.41. The van der Waals surface area contributed by atoms with Crippen LogP contribution in [0.4, 0.5) is 0 Å². The lowest BCUT2D eigenvalue weighted by molar-refractivity contribution is 0.477. The van der Waals surface area contributed by atoms with Gasteiger partial charge in [0.25, 0.3) is 0 Å². The summed E-state index contributed by atoms with van der Waals surface area (Å²) in [7, 11) is 0. The van der Waals surface area contributed by atoms with Gasteiger partial charge in [-0.25, -0.2) is 0 Å². The number of hydrogen-bond donors (Lipinski definition) is 0. The maximum absolute atomic E-state index is 6.13. The summed E-state index contributed by atoms with van der Waals surface area (Å²) < 4.78 is 6.13. The monoisotopic (exact) mass is 294 g/mol. The first kappa shape index (κ1) is 14.0. The first-order valence-electron chi connectivity index (χ1n) is 7.16. The van der Waals surface area contributed by atoms with Crippen molar-refractivity contribution in [3.05, 3.63) is 72.3 Å². The zero-order valence-corrected chi connectivity index (χ0v) is 13.1. The Morgan fingerprint density at radius 3 is 2.10 bits per heavy atom. The van der Waals surface area contributed by atoms with Crippen LogP contribution in [-0.4, -0.2) is 0 Å². The Morgan fingerprint density at radius 1 is 0.857 bits per heavy atom. The summed E-state index contributed by atoms with van der Waals surface area (Å²) in [4.78, 5) is 1.20. The zero-order valence-electron chi connectivity index (χ0n) is 12.2. The van der Waals surface area contributed by atoms with Crippen molar-refractivity contribution in [2.75, 3.05) is 0 Å². The third-order valence-electron chi connectivity index (χ3n) is 3.36. The summed E-state index contributed by atoms with van der Waals surface area (Å²) in [6, 6.07) is 22.8. The molecule has 0 saturated carbocycles. The summed E-state index contributed by atoms with van der Waals surface area (Å²) in [5.74, 6) is 1.38. The average molecular weight is 294 g/mol. The second-order valence-corrected chi connectivity index (χ2v) is 6.34. The third kappa shape index (κ3) is 3.22. The van der Waals surface area contributed by atoms with Crippen molar-refractivity contribution in [2.24, 2.45) is 0 Å². The van der Waals surface area contributed by atoms with E-state index >= 15 is 0 Å². The van der Waals surface area contributed by atoms with Gasteiger partial charge in [-0.05, 0) is 24.1 Å². The van der Waals surface area contributed by atoms with Crippen molar-refractivity contribution < 1.29 is 4.42 Å². The first-order valence-corrected chi connectivity index (χ1v) is 7.98. The topological polar surface area (TPSA) is 13.1 Å². The summed E-state index contributed by atoms with van der Waals surface area (Å²) in [5, 5.41) is 0.995. The highest BCUT2D eigenvalue weighted by atomic mass is 32.2. The van der Waals surface area contributed by atoms with Crippen molar-refractivity contribution in [1.82, 2.24) is 0 Å². The highest BCUT2D eigenvalue weighted by molar-refractivity contribution is 7.99. The maximum atomic E-state index is 6.13. The molecule has 106 valence electrons. The van der Waals surface area contributed by atoms with E-state index in [1.165, 1.54) is 10.5 Å². The maximum Gasteiger partial charge on any atom is 0.169 e. The van der Waals surface area contributed by atoms with Gasteiger partial charge in [-0.3, -0.25) is 0 Å². The van der Waals surface area contributed by atoms with E-state index in [1.54, 1.807) is 11.8 Å². The van der Waals surface area contributed by atoms with E-state index in [0.717, 1.165) is 16.4 Å². The fourth-order valence-electron chi connectivity index (χ4n) is 2.21. The lowest BCUT2D eigenvalue weighted by atomic mass is 10.1. The molecule has 0 bridgehead atoms. The number of benzene rings is 2. The SMILES string of the molecule is CC(C)c1cc(-c2ccccc2)oc1Sc1ccccc1. The van der Waals surface area contributed by atoms with Gasteiger partial charge >= 0.3 is 0 Å². The number of hydrogen-bond acceptors (Lipinski definition) is 2. The van der Waals surface area contributed by atoms with Crippen LogP contribution in [0.25, 0.3) is 11.3 Å². The van der Waals surface area contributed by atoms with Crippen LogP contribution in [0.1, 0.15) is 25.3 Å². The van der Waals surface area contributed by atoms with Crippen LogP contribution >= 0.6 is 11.8 Å². The Hall–Kier alpha value is -1.93. The minimum Gasteiger partial charge on any atom is -0.449 e. The Labute approximate surface area is 130 Å².